The van der Waals surface area contributed by atoms with Crippen molar-refractivity contribution in [3.05, 3.63) is 23.8 Å². The zero-order valence-electron chi connectivity index (χ0n) is 11.8. The third-order valence-electron chi connectivity index (χ3n) is 2.74. The number of primary sulfonamides is 1. The van der Waals surface area contributed by atoms with Gasteiger partial charge in [-0.15, -0.1) is 0 Å². The second kappa shape index (κ2) is 5.80. The quantitative estimate of drug-likeness (QED) is 0.769. The van der Waals surface area contributed by atoms with Crippen molar-refractivity contribution in [2.45, 2.75) is 32.1 Å². The minimum Gasteiger partial charge on any atom is -0.478 e. The van der Waals surface area contributed by atoms with E-state index in [1.807, 2.05) is 20.8 Å². The molecule has 1 aromatic rings. The van der Waals surface area contributed by atoms with Gasteiger partial charge in [0, 0.05) is 6.54 Å². The van der Waals surface area contributed by atoms with E-state index in [-0.39, 0.29) is 21.6 Å². The Morgan fingerprint density at radius 3 is 2.40 bits per heavy atom. The van der Waals surface area contributed by atoms with E-state index in [0.29, 0.717) is 6.54 Å². The zero-order chi connectivity index (χ0) is 15.6. The first-order valence-corrected chi connectivity index (χ1v) is 7.70. The summed E-state index contributed by atoms with van der Waals surface area (Å²) in [5.74, 6) is -1.20. The van der Waals surface area contributed by atoms with Crippen molar-refractivity contribution in [3.63, 3.8) is 0 Å². The van der Waals surface area contributed by atoms with Crippen LogP contribution < -0.4 is 10.5 Å². The lowest BCUT2D eigenvalue weighted by Gasteiger charge is -2.20. The van der Waals surface area contributed by atoms with E-state index in [0.717, 1.165) is 6.42 Å². The van der Waals surface area contributed by atoms with E-state index in [9.17, 15) is 13.2 Å². The molecule has 0 unspecified atom stereocenters. The van der Waals surface area contributed by atoms with Crippen LogP contribution in [0.1, 0.15) is 37.6 Å². The third kappa shape index (κ3) is 4.50. The van der Waals surface area contributed by atoms with Crippen LogP contribution in [0.4, 0.5) is 5.69 Å². The van der Waals surface area contributed by atoms with Crippen LogP contribution in [0.25, 0.3) is 0 Å². The van der Waals surface area contributed by atoms with Crippen LogP contribution in [-0.2, 0) is 10.0 Å². The monoisotopic (exact) mass is 300 g/mol. The Hall–Kier alpha value is -1.60. The highest BCUT2D eigenvalue weighted by Crippen LogP contribution is 2.26. The molecule has 1 rings (SSSR count). The lowest BCUT2D eigenvalue weighted by molar-refractivity contribution is 0.0697. The fourth-order valence-corrected chi connectivity index (χ4v) is 2.43. The van der Waals surface area contributed by atoms with Gasteiger partial charge in [-0.05, 0) is 24.0 Å². The Morgan fingerprint density at radius 1 is 1.35 bits per heavy atom. The molecule has 112 valence electrons. The van der Waals surface area contributed by atoms with Crippen molar-refractivity contribution in [2.24, 2.45) is 10.6 Å². The number of aromatic carboxylic acids is 1. The first kappa shape index (κ1) is 16.5. The molecule has 7 heteroatoms. The number of nitrogens with two attached hydrogens (primary N) is 1. The first-order chi connectivity index (χ1) is 9.02. The number of hydrogen-bond donors (Lipinski definition) is 3. The molecule has 0 bridgehead atoms. The Kier molecular flexibility index (Phi) is 4.77. The molecule has 4 N–H and O–H groups in total. The maximum absolute atomic E-state index is 11.5. The highest BCUT2D eigenvalue weighted by Gasteiger charge is 2.20. The molecule has 0 radical (unpaired) electrons. The number of carboxylic acid groups (broad SMARTS) is 1. The van der Waals surface area contributed by atoms with E-state index in [4.69, 9.17) is 10.2 Å². The van der Waals surface area contributed by atoms with Gasteiger partial charge in [0.2, 0.25) is 10.0 Å². The molecule has 0 fully saturated rings. The van der Waals surface area contributed by atoms with Gasteiger partial charge >= 0.3 is 5.97 Å². The second-order valence-corrected chi connectivity index (χ2v) is 7.30. The van der Waals surface area contributed by atoms with Gasteiger partial charge < -0.3 is 10.4 Å². The standard InChI is InChI=1S/C13H20N2O4S/c1-13(2,3)7-8-15-11-9(12(16)17)5-4-6-10(11)20(14,18)19/h4-6,15H,7-8H2,1-3H3,(H,16,17)(H2,14,18,19). The minimum atomic E-state index is -3.98. The number of nitrogens with one attached hydrogen (secondary N) is 1. The SMILES string of the molecule is CC(C)(C)CCNc1c(C(=O)O)cccc1S(N)(=O)=O. The number of hydrogen-bond acceptors (Lipinski definition) is 4. The van der Waals surface area contributed by atoms with Crippen molar-refractivity contribution in [2.75, 3.05) is 11.9 Å². The molecule has 0 spiro atoms. The summed E-state index contributed by atoms with van der Waals surface area (Å²) in [6.07, 6.45) is 0.755. The highest BCUT2D eigenvalue weighted by molar-refractivity contribution is 7.89. The van der Waals surface area contributed by atoms with E-state index in [1.54, 1.807) is 0 Å². The fourth-order valence-electron chi connectivity index (χ4n) is 1.69. The van der Waals surface area contributed by atoms with Gasteiger partial charge in [0.15, 0.2) is 0 Å². The Balaban J connectivity index is 3.17. The smallest absolute Gasteiger partial charge is 0.337 e. The number of carbonyl (C=O) groups is 1. The van der Waals surface area contributed by atoms with Crippen molar-refractivity contribution >= 4 is 21.7 Å². The average Bonchev–Trinajstić information content (AvgIpc) is 2.25. The summed E-state index contributed by atoms with van der Waals surface area (Å²) >= 11 is 0. The van der Waals surface area contributed by atoms with Crippen LogP contribution in [0, 0.1) is 5.41 Å². The van der Waals surface area contributed by atoms with E-state index in [1.165, 1.54) is 18.2 Å². The molecule has 0 aliphatic rings. The maximum atomic E-state index is 11.5. The molecular weight excluding hydrogens is 280 g/mol. The Bertz CT molecular complexity index is 603. The largest absolute Gasteiger partial charge is 0.478 e. The molecule has 0 aliphatic carbocycles. The van der Waals surface area contributed by atoms with Gasteiger partial charge in [0.1, 0.15) is 4.90 Å². The van der Waals surface area contributed by atoms with Gasteiger partial charge in [-0.1, -0.05) is 26.8 Å². The number of rotatable bonds is 5. The van der Waals surface area contributed by atoms with Crippen LogP contribution in [0.5, 0.6) is 0 Å². The number of sulfonamides is 1. The van der Waals surface area contributed by atoms with E-state index < -0.39 is 16.0 Å². The summed E-state index contributed by atoms with van der Waals surface area (Å²) in [6, 6.07) is 4.00. The minimum absolute atomic E-state index is 0.0479. The third-order valence-corrected chi connectivity index (χ3v) is 3.69. The summed E-state index contributed by atoms with van der Waals surface area (Å²) in [4.78, 5) is 11.0. The lowest BCUT2D eigenvalue weighted by atomic mass is 9.92. The number of anilines is 1. The zero-order valence-corrected chi connectivity index (χ0v) is 12.6. The van der Waals surface area contributed by atoms with Crippen molar-refractivity contribution in [1.82, 2.24) is 0 Å². The predicted octanol–water partition coefficient (Wildman–Crippen LogP) is 1.88. The van der Waals surface area contributed by atoms with Gasteiger partial charge in [0.25, 0.3) is 0 Å². The Labute approximate surface area is 119 Å². The Morgan fingerprint density at radius 2 is 1.95 bits per heavy atom. The van der Waals surface area contributed by atoms with Crippen LogP contribution in [0.3, 0.4) is 0 Å². The molecule has 0 atom stereocenters. The van der Waals surface area contributed by atoms with Gasteiger partial charge in [0.05, 0.1) is 11.3 Å². The van der Waals surface area contributed by atoms with Crippen molar-refractivity contribution in [3.8, 4) is 0 Å². The van der Waals surface area contributed by atoms with Crippen molar-refractivity contribution < 1.29 is 18.3 Å². The molecule has 0 saturated heterocycles. The van der Waals surface area contributed by atoms with Gasteiger partial charge in [-0.25, -0.2) is 18.4 Å². The van der Waals surface area contributed by atoms with Crippen LogP contribution in [-0.4, -0.2) is 26.0 Å². The summed E-state index contributed by atoms with van der Waals surface area (Å²) < 4.78 is 23.1. The lowest BCUT2D eigenvalue weighted by Crippen LogP contribution is -2.19. The number of benzene rings is 1. The van der Waals surface area contributed by atoms with Crippen LogP contribution in [0.15, 0.2) is 23.1 Å². The van der Waals surface area contributed by atoms with E-state index >= 15 is 0 Å². The fraction of sp³-hybridized carbons (Fsp3) is 0.462. The normalized spacial score (nSPS) is 12.2. The van der Waals surface area contributed by atoms with Crippen molar-refractivity contribution in [1.29, 1.82) is 0 Å². The molecule has 20 heavy (non-hydrogen) atoms. The molecule has 0 amide bonds. The summed E-state index contributed by atoms with van der Waals surface area (Å²) in [7, 11) is -3.98. The number of carboxylic acids is 1. The summed E-state index contributed by atoms with van der Waals surface area (Å²) in [5, 5.41) is 17.1. The average molecular weight is 300 g/mol. The summed E-state index contributed by atoms with van der Waals surface area (Å²) in [5.41, 5.74) is -0.00963. The van der Waals surface area contributed by atoms with Crippen LogP contribution >= 0.6 is 0 Å². The predicted molar refractivity (Wildman–Crippen MR) is 77.3 cm³/mol. The van der Waals surface area contributed by atoms with Gasteiger partial charge in [-0.2, -0.15) is 0 Å². The number of para-hydroxylation sites is 1. The summed E-state index contributed by atoms with van der Waals surface area (Å²) in [6.45, 7) is 6.57. The molecule has 0 aromatic heterocycles. The highest BCUT2D eigenvalue weighted by atomic mass is 32.2. The molecule has 0 saturated carbocycles. The first-order valence-electron chi connectivity index (χ1n) is 6.15. The van der Waals surface area contributed by atoms with E-state index in [2.05, 4.69) is 5.32 Å². The molecule has 6 nitrogen and oxygen atoms in total. The maximum Gasteiger partial charge on any atom is 0.337 e. The molecule has 1 aromatic carbocycles. The second-order valence-electron chi connectivity index (χ2n) is 5.77. The molecule has 0 heterocycles. The topological polar surface area (TPSA) is 109 Å². The molecular formula is C13H20N2O4S. The van der Waals surface area contributed by atoms with Crippen LogP contribution in [0.2, 0.25) is 0 Å². The molecule has 0 aliphatic heterocycles. The van der Waals surface area contributed by atoms with Gasteiger partial charge in [-0.3, -0.25) is 0 Å².